The second kappa shape index (κ2) is 4.79. The normalized spacial score (nSPS) is 20.1. The van der Waals surface area contributed by atoms with Crippen molar-refractivity contribution < 1.29 is 13.2 Å². The molecule has 2 rings (SSSR count). The van der Waals surface area contributed by atoms with Crippen molar-refractivity contribution in [2.75, 3.05) is 0 Å². The van der Waals surface area contributed by atoms with Gasteiger partial charge in [0.2, 0.25) is 10.0 Å². The molecule has 1 aromatic carbocycles. The minimum absolute atomic E-state index is 0.0147. The number of nitrogens with two attached hydrogens (primary N) is 1. The molecule has 3 N–H and O–H groups in total. The van der Waals surface area contributed by atoms with Gasteiger partial charge in [-0.15, -0.1) is 0 Å². The minimum atomic E-state index is -3.87. The first-order valence-corrected chi connectivity index (χ1v) is 8.86. The van der Waals surface area contributed by atoms with Gasteiger partial charge in [-0.25, -0.2) is 13.6 Å². The van der Waals surface area contributed by atoms with Gasteiger partial charge in [0.15, 0.2) is 0 Å². The summed E-state index contributed by atoms with van der Waals surface area (Å²) in [6.07, 6.45) is 0. The number of benzene rings is 1. The highest BCUT2D eigenvalue weighted by atomic mass is 79.9. The van der Waals surface area contributed by atoms with Gasteiger partial charge in [-0.05, 0) is 45.0 Å². The zero-order valence-electron chi connectivity index (χ0n) is 12.4. The van der Waals surface area contributed by atoms with Gasteiger partial charge in [-0.1, -0.05) is 27.7 Å². The number of sulfonamides is 1. The first-order chi connectivity index (χ1) is 9.39. The number of amides is 1. The molecule has 0 bridgehead atoms. The molecule has 0 unspecified atom stereocenters. The molecule has 1 fully saturated rings. The lowest BCUT2D eigenvalue weighted by molar-refractivity contribution is 0.0943. The number of carbonyl (C=O) groups is 1. The SMILES string of the molecule is CC1(C)C(NC(=O)c2ccc(Br)c(S(N)(=O)=O)c2)C1(C)C. The van der Waals surface area contributed by atoms with Crippen molar-refractivity contribution >= 4 is 31.9 Å². The fourth-order valence-electron chi connectivity index (χ4n) is 2.63. The van der Waals surface area contributed by atoms with Crippen molar-refractivity contribution in [2.24, 2.45) is 16.0 Å². The molecule has 7 heteroatoms. The molecule has 1 amide bonds. The zero-order valence-corrected chi connectivity index (χ0v) is 14.8. The Kier molecular flexibility index (Phi) is 3.75. The second-order valence-corrected chi connectivity index (χ2v) is 8.92. The number of rotatable bonds is 3. The first kappa shape index (κ1) is 16.5. The van der Waals surface area contributed by atoms with Crippen molar-refractivity contribution in [3.05, 3.63) is 28.2 Å². The molecule has 0 spiro atoms. The summed E-state index contributed by atoms with van der Waals surface area (Å²) in [5.41, 5.74) is 0.308. The lowest BCUT2D eigenvalue weighted by Gasteiger charge is -2.09. The van der Waals surface area contributed by atoms with Gasteiger partial charge in [-0.2, -0.15) is 0 Å². The summed E-state index contributed by atoms with van der Waals surface area (Å²) in [5.74, 6) is -0.295. The number of hydrogen-bond donors (Lipinski definition) is 2. The van der Waals surface area contributed by atoms with E-state index in [1.807, 2.05) is 0 Å². The molecule has 21 heavy (non-hydrogen) atoms. The van der Waals surface area contributed by atoms with Gasteiger partial charge < -0.3 is 5.32 Å². The molecule has 1 aliphatic rings. The Morgan fingerprint density at radius 2 is 1.76 bits per heavy atom. The van der Waals surface area contributed by atoms with Crippen molar-refractivity contribution in [1.82, 2.24) is 5.32 Å². The molecule has 0 radical (unpaired) electrons. The molecule has 1 aromatic rings. The Labute approximate surface area is 133 Å². The maximum atomic E-state index is 12.3. The maximum Gasteiger partial charge on any atom is 0.251 e. The number of carbonyl (C=O) groups excluding carboxylic acids is 1. The van der Waals surface area contributed by atoms with E-state index in [2.05, 4.69) is 48.9 Å². The molecule has 0 atom stereocenters. The third-order valence-electron chi connectivity index (χ3n) is 4.80. The molecule has 0 saturated heterocycles. The molecule has 0 aliphatic heterocycles. The summed E-state index contributed by atoms with van der Waals surface area (Å²) in [6, 6.07) is 4.42. The Balaban J connectivity index is 2.26. The van der Waals surface area contributed by atoms with Gasteiger partial charge in [0.25, 0.3) is 5.91 Å². The van der Waals surface area contributed by atoms with E-state index in [0.717, 1.165) is 0 Å². The molecule has 1 aliphatic carbocycles. The standard InChI is InChI=1S/C14H19BrN2O3S/c1-13(2)12(14(13,3)4)17-11(18)8-5-6-9(15)10(7-8)21(16,19)20/h5-7,12H,1-4H3,(H,17,18)(H2,16,19,20). The fourth-order valence-corrected chi connectivity index (χ4v) is 4.19. The number of nitrogens with one attached hydrogen (secondary N) is 1. The first-order valence-electron chi connectivity index (χ1n) is 6.52. The van der Waals surface area contributed by atoms with E-state index in [1.54, 1.807) is 6.07 Å². The van der Waals surface area contributed by atoms with E-state index in [9.17, 15) is 13.2 Å². The summed E-state index contributed by atoms with van der Waals surface area (Å²) in [5, 5.41) is 8.10. The van der Waals surface area contributed by atoms with Crippen LogP contribution in [0.2, 0.25) is 0 Å². The highest BCUT2D eigenvalue weighted by Gasteiger charge is 2.65. The third kappa shape index (κ3) is 2.74. The molecule has 0 aromatic heterocycles. The lowest BCUT2D eigenvalue weighted by Crippen LogP contribution is -2.30. The van der Waals surface area contributed by atoms with Gasteiger partial charge >= 0.3 is 0 Å². The highest BCUT2D eigenvalue weighted by Crippen LogP contribution is 2.62. The predicted molar refractivity (Wildman–Crippen MR) is 84.3 cm³/mol. The summed E-state index contributed by atoms with van der Waals surface area (Å²) in [4.78, 5) is 12.2. The molecule has 0 heterocycles. The monoisotopic (exact) mass is 374 g/mol. The van der Waals surface area contributed by atoms with Crippen molar-refractivity contribution in [2.45, 2.75) is 38.6 Å². The van der Waals surface area contributed by atoms with Crippen LogP contribution in [0.25, 0.3) is 0 Å². The maximum absolute atomic E-state index is 12.3. The van der Waals surface area contributed by atoms with Gasteiger partial charge in [0.05, 0.1) is 4.90 Å². The van der Waals surface area contributed by atoms with Crippen LogP contribution < -0.4 is 10.5 Å². The van der Waals surface area contributed by atoms with Crippen LogP contribution in [-0.2, 0) is 10.0 Å². The van der Waals surface area contributed by atoms with Crippen molar-refractivity contribution in [3.63, 3.8) is 0 Å². The van der Waals surface area contributed by atoms with E-state index < -0.39 is 10.0 Å². The van der Waals surface area contributed by atoms with E-state index in [4.69, 9.17) is 5.14 Å². The van der Waals surface area contributed by atoms with Crippen LogP contribution in [0.4, 0.5) is 0 Å². The van der Waals surface area contributed by atoms with Gasteiger partial charge in [-0.3, -0.25) is 4.79 Å². The van der Waals surface area contributed by atoms with Crippen LogP contribution in [0.3, 0.4) is 0 Å². The zero-order chi connectivity index (χ0) is 16.2. The van der Waals surface area contributed by atoms with E-state index in [-0.39, 0.29) is 33.2 Å². The largest absolute Gasteiger partial charge is 0.348 e. The second-order valence-electron chi connectivity index (χ2n) is 6.54. The third-order valence-corrected chi connectivity index (χ3v) is 6.70. The van der Waals surface area contributed by atoms with Crippen molar-refractivity contribution in [1.29, 1.82) is 0 Å². The lowest BCUT2D eigenvalue weighted by atomic mass is 10.0. The molecule has 5 nitrogen and oxygen atoms in total. The van der Waals surface area contributed by atoms with E-state index in [0.29, 0.717) is 4.47 Å². The van der Waals surface area contributed by atoms with Crippen LogP contribution in [0.1, 0.15) is 38.1 Å². The molecule has 1 saturated carbocycles. The van der Waals surface area contributed by atoms with Crippen LogP contribution in [0, 0.1) is 10.8 Å². The predicted octanol–water partition coefficient (Wildman–Crippen LogP) is 2.26. The Morgan fingerprint density at radius 1 is 1.24 bits per heavy atom. The molecular formula is C14H19BrN2O3S. The summed E-state index contributed by atoms with van der Waals surface area (Å²) in [6.45, 7) is 8.37. The van der Waals surface area contributed by atoms with Crippen LogP contribution in [-0.4, -0.2) is 20.4 Å². The average molecular weight is 375 g/mol. The number of halogens is 1. The fraction of sp³-hybridized carbons (Fsp3) is 0.500. The smallest absolute Gasteiger partial charge is 0.251 e. The van der Waals surface area contributed by atoms with Crippen molar-refractivity contribution in [3.8, 4) is 0 Å². The topological polar surface area (TPSA) is 89.3 Å². The summed E-state index contributed by atoms with van der Waals surface area (Å²) in [7, 11) is -3.87. The summed E-state index contributed by atoms with van der Waals surface area (Å²) >= 11 is 3.12. The van der Waals surface area contributed by atoms with Gasteiger partial charge in [0.1, 0.15) is 0 Å². The Bertz CT molecular complexity index is 697. The van der Waals surface area contributed by atoms with E-state index >= 15 is 0 Å². The van der Waals surface area contributed by atoms with Crippen LogP contribution in [0.15, 0.2) is 27.6 Å². The number of primary sulfonamides is 1. The molecular weight excluding hydrogens is 356 g/mol. The van der Waals surface area contributed by atoms with Crippen LogP contribution >= 0.6 is 15.9 Å². The Hall–Kier alpha value is -0.920. The van der Waals surface area contributed by atoms with Crippen LogP contribution in [0.5, 0.6) is 0 Å². The minimum Gasteiger partial charge on any atom is -0.348 e. The molecule has 116 valence electrons. The van der Waals surface area contributed by atoms with Gasteiger partial charge in [0, 0.05) is 16.1 Å². The summed E-state index contributed by atoms with van der Waals surface area (Å²) < 4.78 is 23.3. The van der Waals surface area contributed by atoms with E-state index in [1.165, 1.54) is 12.1 Å². The Morgan fingerprint density at radius 3 is 2.19 bits per heavy atom. The average Bonchev–Trinajstić information content (AvgIpc) is 2.70. The number of hydrogen-bond acceptors (Lipinski definition) is 3. The highest BCUT2D eigenvalue weighted by molar-refractivity contribution is 9.10. The quantitative estimate of drug-likeness (QED) is 0.849.